The molecule has 1 atom stereocenters. The van der Waals surface area contributed by atoms with Crippen LogP contribution in [0.3, 0.4) is 0 Å². The van der Waals surface area contributed by atoms with E-state index in [0.717, 1.165) is 11.3 Å². The third kappa shape index (κ3) is 3.79. The van der Waals surface area contributed by atoms with Crippen molar-refractivity contribution < 1.29 is 14.3 Å². The molecule has 148 valence electrons. The van der Waals surface area contributed by atoms with Crippen LogP contribution < -0.4 is 15.0 Å². The quantitative estimate of drug-likeness (QED) is 0.712. The fourth-order valence-electron chi connectivity index (χ4n) is 3.35. The van der Waals surface area contributed by atoms with Gasteiger partial charge in [-0.3, -0.25) is 9.59 Å². The molecular formula is C20H20N6O3. The summed E-state index contributed by atoms with van der Waals surface area (Å²) in [5, 5.41) is 13.9. The van der Waals surface area contributed by atoms with Gasteiger partial charge in [0.15, 0.2) is 0 Å². The molecule has 1 fully saturated rings. The number of nitrogens with one attached hydrogen (secondary N) is 1. The van der Waals surface area contributed by atoms with Gasteiger partial charge in [-0.2, -0.15) is 0 Å². The number of tetrazole rings is 1. The molecule has 2 aromatic carbocycles. The Morgan fingerprint density at radius 3 is 2.69 bits per heavy atom. The van der Waals surface area contributed by atoms with E-state index in [1.165, 1.54) is 11.0 Å². The van der Waals surface area contributed by atoms with Crippen LogP contribution in [0.25, 0.3) is 5.69 Å². The number of aromatic nitrogens is 4. The fraction of sp³-hybridized carbons (Fsp3) is 0.250. The molecule has 4 rings (SSSR count). The molecule has 0 radical (unpaired) electrons. The van der Waals surface area contributed by atoms with Crippen molar-refractivity contribution in [3.05, 3.63) is 54.4 Å². The summed E-state index contributed by atoms with van der Waals surface area (Å²) in [6.07, 6.45) is 1.65. The van der Waals surface area contributed by atoms with Crippen LogP contribution in [0.2, 0.25) is 0 Å². The van der Waals surface area contributed by atoms with E-state index < -0.39 is 5.92 Å². The molecule has 1 aliphatic rings. The maximum atomic E-state index is 12.7. The van der Waals surface area contributed by atoms with Gasteiger partial charge in [0.2, 0.25) is 11.8 Å². The minimum Gasteiger partial charge on any atom is -0.495 e. The lowest BCUT2D eigenvalue weighted by Gasteiger charge is -2.20. The van der Waals surface area contributed by atoms with Crippen LogP contribution in [0, 0.1) is 12.8 Å². The van der Waals surface area contributed by atoms with Crippen molar-refractivity contribution in [3.63, 3.8) is 0 Å². The number of ether oxygens (including phenoxy) is 1. The molecule has 1 N–H and O–H groups in total. The van der Waals surface area contributed by atoms with Crippen LogP contribution in [0.4, 0.5) is 11.4 Å². The van der Waals surface area contributed by atoms with Gasteiger partial charge in [-0.05, 0) is 59.3 Å². The van der Waals surface area contributed by atoms with Gasteiger partial charge in [0.1, 0.15) is 12.1 Å². The first kappa shape index (κ1) is 18.6. The van der Waals surface area contributed by atoms with Gasteiger partial charge < -0.3 is 15.0 Å². The molecule has 2 amide bonds. The summed E-state index contributed by atoms with van der Waals surface area (Å²) in [6.45, 7) is 2.26. The second kappa shape index (κ2) is 7.70. The summed E-state index contributed by atoms with van der Waals surface area (Å²) in [7, 11) is 1.57. The Morgan fingerprint density at radius 1 is 1.21 bits per heavy atom. The molecule has 1 aromatic heterocycles. The van der Waals surface area contributed by atoms with Gasteiger partial charge in [-0.15, -0.1) is 5.10 Å². The van der Waals surface area contributed by atoms with E-state index in [0.29, 0.717) is 23.7 Å². The van der Waals surface area contributed by atoms with E-state index in [1.54, 1.807) is 36.3 Å². The maximum absolute atomic E-state index is 12.7. The number of hydrogen-bond acceptors (Lipinski definition) is 6. The van der Waals surface area contributed by atoms with Crippen molar-refractivity contribution >= 4 is 23.2 Å². The van der Waals surface area contributed by atoms with Crippen molar-refractivity contribution in [2.75, 3.05) is 23.9 Å². The highest BCUT2D eigenvalue weighted by molar-refractivity contribution is 6.04. The third-order valence-electron chi connectivity index (χ3n) is 4.87. The molecule has 0 aliphatic carbocycles. The van der Waals surface area contributed by atoms with E-state index in [1.807, 2.05) is 25.1 Å². The molecular weight excluding hydrogens is 372 g/mol. The first-order valence-corrected chi connectivity index (χ1v) is 9.14. The molecule has 2 heterocycles. The van der Waals surface area contributed by atoms with Crippen LogP contribution >= 0.6 is 0 Å². The van der Waals surface area contributed by atoms with Crippen LogP contribution in [0.1, 0.15) is 12.0 Å². The van der Waals surface area contributed by atoms with E-state index in [2.05, 4.69) is 20.8 Å². The van der Waals surface area contributed by atoms with Crippen molar-refractivity contribution in [1.82, 2.24) is 20.2 Å². The van der Waals surface area contributed by atoms with E-state index in [-0.39, 0.29) is 18.2 Å². The Hall–Kier alpha value is -3.75. The fourth-order valence-corrected chi connectivity index (χ4v) is 3.35. The molecule has 0 saturated carbocycles. The standard InChI is InChI=1S/C20H20N6O3/c1-13-3-8-18(29-2)17(9-13)25-11-14(10-19(25)27)20(28)22-15-4-6-16(7-5-15)26-12-21-23-24-26/h3-9,12,14H,10-11H2,1-2H3,(H,22,28)/t14-/m1/s1. The van der Waals surface area contributed by atoms with Gasteiger partial charge in [0, 0.05) is 18.7 Å². The Labute approximate surface area is 167 Å². The van der Waals surface area contributed by atoms with Gasteiger partial charge in [0.05, 0.1) is 24.4 Å². The minimum absolute atomic E-state index is 0.0944. The molecule has 3 aromatic rings. The van der Waals surface area contributed by atoms with Crippen molar-refractivity contribution in [3.8, 4) is 11.4 Å². The van der Waals surface area contributed by atoms with E-state index in [9.17, 15) is 9.59 Å². The zero-order valence-corrected chi connectivity index (χ0v) is 16.1. The van der Waals surface area contributed by atoms with Crippen LogP contribution in [-0.2, 0) is 9.59 Å². The number of rotatable bonds is 5. The van der Waals surface area contributed by atoms with Gasteiger partial charge >= 0.3 is 0 Å². The average Bonchev–Trinajstić information content (AvgIpc) is 3.38. The second-order valence-corrected chi connectivity index (χ2v) is 6.87. The Balaban J connectivity index is 1.45. The lowest BCUT2D eigenvalue weighted by Crippen LogP contribution is -2.28. The van der Waals surface area contributed by atoms with E-state index >= 15 is 0 Å². The summed E-state index contributed by atoms with van der Waals surface area (Å²) in [5.74, 6) is -0.110. The third-order valence-corrected chi connectivity index (χ3v) is 4.87. The molecule has 1 aliphatic heterocycles. The molecule has 0 spiro atoms. The second-order valence-electron chi connectivity index (χ2n) is 6.87. The number of methoxy groups -OCH3 is 1. The highest BCUT2D eigenvalue weighted by Gasteiger charge is 2.36. The van der Waals surface area contributed by atoms with Crippen molar-refractivity contribution in [2.24, 2.45) is 5.92 Å². The summed E-state index contributed by atoms with van der Waals surface area (Å²) >= 11 is 0. The normalized spacial score (nSPS) is 16.1. The van der Waals surface area contributed by atoms with Gasteiger partial charge in [0.25, 0.3) is 0 Å². The predicted molar refractivity (Wildman–Crippen MR) is 106 cm³/mol. The summed E-state index contributed by atoms with van der Waals surface area (Å²) in [4.78, 5) is 26.9. The molecule has 0 unspecified atom stereocenters. The lowest BCUT2D eigenvalue weighted by atomic mass is 10.1. The number of carbonyl (C=O) groups excluding carboxylic acids is 2. The number of nitrogens with zero attached hydrogens (tertiary/aromatic N) is 5. The van der Waals surface area contributed by atoms with Crippen LogP contribution in [-0.4, -0.2) is 45.7 Å². The first-order valence-electron chi connectivity index (χ1n) is 9.14. The Kier molecular flexibility index (Phi) is 4.94. The number of carbonyl (C=O) groups is 2. The van der Waals surface area contributed by atoms with Crippen LogP contribution in [0.15, 0.2) is 48.8 Å². The molecule has 0 bridgehead atoms. The topological polar surface area (TPSA) is 102 Å². The largest absolute Gasteiger partial charge is 0.495 e. The predicted octanol–water partition coefficient (Wildman–Crippen LogP) is 1.97. The smallest absolute Gasteiger partial charge is 0.229 e. The minimum atomic E-state index is -0.438. The summed E-state index contributed by atoms with van der Waals surface area (Å²) in [5.41, 5.74) is 3.13. The average molecular weight is 392 g/mol. The number of benzene rings is 2. The van der Waals surface area contributed by atoms with Crippen molar-refractivity contribution in [2.45, 2.75) is 13.3 Å². The number of amides is 2. The number of anilines is 2. The van der Waals surface area contributed by atoms with E-state index in [4.69, 9.17) is 4.74 Å². The number of aryl methyl sites for hydroxylation is 1. The highest BCUT2D eigenvalue weighted by atomic mass is 16.5. The summed E-state index contributed by atoms with van der Waals surface area (Å²) < 4.78 is 6.91. The Bertz CT molecular complexity index is 1030. The Morgan fingerprint density at radius 2 is 2.00 bits per heavy atom. The zero-order chi connectivity index (χ0) is 20.4. The molecule has 9 nitrogen and oxygen atoms in total. The zero-order valence-electron chi connectivity index (χ0n) is 16.1. The van der Waals surface area contributed by atoms with Crippen molar-refractivity contribution in [1.29, 1.82) is 0 Å². The lowest BCUT2D eigenvalue weighted by molar-refractivity contribution is -0.122. The molecule has 29 heavy (non-hydrogen) atoms. The maximum Gasteiger partial charge on any atom is 0.229 e. The monoisotopic (exact) mass is 392 g/mol. The van der Waals surface area contributed by atoms with Crippen LogP contribution in [0.5, 0.6) is 5.75 Å². The first-order chi connectivity index (χ1) is 14.0. The number of hydrogen-bond donors (Lipinski definition) is 1. The van der Waals surface area contributed by atoms with Gasteiger partial charge in [-0.25, -0.2) is 4.68 Å². The summed E-state index contributed by atoms with van der Waals surface area (Å²) in [6, 6.07) is 12.8. The SMILES string of the molecule is COc1ccc(C)cc1N1C[C@H](C(=O)Nc2ccc(-n3cnnn3)cc2)CC1=O. The highest BCUT2D eigenvalue weighted by Crippen LogP contribution is 2.34. The molecule has 9 heteroatoms. The molecule has 1 saturated heterocycles. The van der Waals surface area contributed by atoms with Gasteiger partial charge in [-0.1, -0.05) is 6.07 Å².